The number of carbonyl (C=O) groups excluding carboxylic acids is 2. The van der Waals surface area contributed by atoms with Crippen molar-refractivity contribution in [2.24, 2.45) is 0 Å². The maximum absolute atomic E-state index is 12.0. The number of benzene rings is 1. The lowest BCUT2D eigenvalue weighted by molar-refractivity contribution is -0.683. The summed E-state index contributed by atoms with van der Waals surface area (Å²) in [6.07, 6.45) is 3.45. The first-order valence-electron chi connectivity index (χ1n) is 5.85. The second-order valence-corrected chi connectivity index (χ2v) is 4.68. The van der Waals surface area contributed by atoms with Crippen molar-refractivity contribution < 1.29 is 14.2 Å². The molecule has 5 heteroatoms. The lowest BCUT2D eigenvalue weighted by Gasteiger charge is -1.99. The molecule has 0 aliphatic rings. The number of rotatable bonds is 4. The molecule has 104 valence electrons. The van der Waals surface area contributed by atoms with Crippen LogP contribution in [-0.4, -0.2) is 11.6 Å². The molecule has 1 aromatic carbocycles. The summed E-state index contributed by atoms with van der Waals surface area (Å²) in [6.45, 7) is 1.75. The fourth-order valence-electron chi connectivity index (χ4n) is 1.69. The molecule has 1 aromatic heterocycles. The Morgan fingerprint density at radius 3 is 2.05 bits per heavy atom. The van der Waals surface area contributed by atoms with Gasteiger partial charge in [0.2, 0.25) is 12.3 Å². The smallest absolute Gasteiger partial charge is 0.227 e. The Morgan fingerprint density at radius 1 is 1.00 bits per heavy atom. The standard InChI is InChI=1S/C15H13ClNO2.BrH/c1-11(18)12-6-8-17(9-7-12)10-15(19)13-2-4-14(16)5-3-13;/h2-9H,10H2,1H3;1H/q+1;. The van der Waals surface area contributed by atoms with Gasteiger partial charge in [0, 0.05) is 28.3 Å². The van der Waals surface area contributed by atoms with E-state index in [1.165, 1.54) is 6.92 Å². The molecule has 0 fully saturated rings. The number of carbonyl (C=O) groups is 2. The summed E-state index contributed by atoms with van der Waals surface area (Å²) in [4.78, 5) is 23.2. The molecule has 2 aromatic rings. The largest absolute Gasteiger partial charge is 0.295 e. The fraction of sp³-hybridized carbons (Fsp3) is 0.133. The third-order valence-electron chi connectivity index (χ3n) is 2.79. The first-order valence-corrected chi connectivity index (χ1v) is 6.23. The first kappa shape index (κ1) is 16.5. The Bertz CT molecular complexity index is 609. The van der Waals surface area contributed by atoms with E-state index in [4.69, 9.17) is 11.6 Å². The Hall–Kier alpha value is -1.52. The Balaban J connectivity index is 0.00000200. The zero-order valence-corrected chi connectivity index (χ0v) is 13.3. The second kappa shape index (κ2) is 7.31. The van der Waals surface area contributed by atoms with Gasteiger partial charge in [0.05, 0.1) is 0 Å². The maximum Gasteiger partial charge on any atom is 0.227 e. The maximum atomic E-state index is 12.0. The van der Waals surface area contributed by atoms with Crippen molar-refractivity contribution in [1.82, 2.24) is 0 Å². The van der Waals surface area contributed by atoms with E-state index in [2.05, 4.69) is 0 Å². The van der Waals surface area contributed by atoms with Gasteiger partial charge < -0.3 is 0 Å². The summed E-state index contributed by atoms with van der Waals surface area (Å²) in [6, 6.07) is 10.2. The lowest BCUT2D eigenvalue weighted by atomic mass is 10.1. The molecule has 0 N–H and O–H groups in total. The third-order valence-corrected chi connectivity index (χ3v) is 3.04. The average Bonchev–Trinajstić information content (AvgIpc) is 2.40. The SMILES string of the molecule is Br.CC(=O)c1cc[n+](CC(=O)c2ccc(Cl)cc2)cc1. The van der Waals surface area contributed by atoms with Crippen LogP contribution in [0.3, 0.4) is 0 Å². The minimum Gasteiger partial charge on any atom is -0.295 e. The lowest BCUT2D eigenvalue weighted by Crippen LogP contribution is -2.37. The number of aromatic nitrogens is 1. The summed E-state index contributed by atoms with van der Waals surface area (Å²) >= 11 is 5.78. The van der Waals surface area contributed by atoms with Gasteiger partial charge >= 0.3 is 0 Å². The van der Waals surface area contributed by atoms with E-state index in [9.17, 15) is 9.59 Å². The van der Waals surface area contributed by atoms with Crippen molar-refractivity contribution >= 4 is 40.1 Å². The van der Waals surface area contributed by atoms with Gasteiger partial charge in [0.1, 0.15) is 0 Å². The van der Waals surface area contributed by atoms with Crippen LogP contribution in [0, 0.1) is 0 Å². The molecule has 0 bridgehead atoms. The zero-order valence-electron chi connectivity index (χ0n) is 10.9. The van der Waals surface area contributed by atoms with Gasteiger partial charge in [-0.25, -0.2) is 0 Å². The average molecular weight is 356 g/mol. The summed E-state index contributed by atoms with van der Waals surface area (Å²) < 4.78 is 1.74. The summed E-state index contributed by atoms with van der Waals surface area (Å²) in [5.41, 5.74) is 1.25. The molecule has 0 radical (unpaired) electrons. The van der Waals surface area contributed by atoms with E-state index in [0.29, 0.717) is 16.1 Å². The van der Waals surface area contributed by atoms with Gasteiger partial charge in [-0.15, -0.1) is 17.0 Å². The minimum atomic E-state index is -0.00255. The molecule has 0 atom stereocenters. The molecule has 0 spiro atoms. The molecule has 0 saturated heterocycles. The predicted octanol–water partition coefficient (Wildman–Crippen LogP) is 3.29. The predicted molar refractivity (Wildman–Crippen MR) is 82.7 cm³/mol. The molecular weight excluding hydrogens is 342 g/mol. The van der Waals surface area contributed by atoms with Gasteiger partial charge in [-0.2, -0.15) is 4.57 Å². The molecule has 3 nitrogen and oxygen atoms in total. The van der Waals surface area contributed by atoms with Crippen LogP contribution in [0.1, 0.15) is 27.6 Å². The summed E-state index contributed by atoms with van der Waals surface area (Å²) in [5, 5.41) is 0.606. The second-order valence-electron chi connectivity index (χ2n) is 4.25. The van der Waals surface area contributed by atoms with Crippen LogP contribution >= 0.6 is 28.6 Å². The Kier molecular flexibility index (Phi) is 6.05. The number of hydrogen-bond donors (Lipinski definition) is 0. The number of Topliss-reactive ketones (excluding diaryl/α,β-unsaturated/α-hetero) is 2. The molecule has 1 heterocycles. The molecule has 0 aliphatic carbocycles. The normalized spacial score (nSPS) is 9.70. The van der Waals surface area contributed by atoms with E-state index in [1.807, 2.05) is 0 Å². The van der Waals surface area contributed by atoms with Crippen LogP contribution in [0.4, 0.5) is 0 Å². The summed E-state index contributed by atoms with van der Waals surface area (Å²) in [7, 11) is 0. The number of halogens is 2. The van der Waals surface area contributed by atoms with E-state index in [1.54, 1.807) is 53.4 Å². The fourth-order valence-corrected chi connectivity index (χ4v) is 1.82. The van der Waals surface area contributed by atoms with Gasteiger partial charge in [0.15, 0.2) is 18.2 Å². The molecule has 0 saturated carbocycles. The molecule has 2 rings (SSSR count). The molecule has 0 unspecified atom stereocenters. The highest BCUT2D eigenvalue weighted by molar-refractivity contribution is 8.93. The Morgan fingerprint density at radius 2 is 1.55 bits per heavy atom. The molecule has 0 amide bonds. The minimum absolute atomic E-state index is 0. The van der Waals surface area contributed by atoms with Gasteiger partial charge in [-0.3, -0.25) is 9.59 Å². The highest BCUT2D eigenvalue weighted by atomic mass is 79.9. The van der Waals surface area contributed by atoms with E-state index < -0.39 is 0 Å². The number of ketones is 2. The first-order chi connectivity index (χ1) is 9.06. The van der Waals surface area contributed by atoms with E-state index in [0.717, 1.165) is 0 Å². The van der Waals surface area contributed by atoms with Crippen LogP contribution in [0.2, 0.25) is 5.02 Å². The molecule has 20 heavy (non-hydrogen) atoms. The zero-order chi connectivity index (χ0) is 13.8. The van der Waals surface area contributed by atoms with Crippen LogP contribution in [0.25, 0.3) is 0 Å². The number of hydrogen-bond acceptors (Lipinski definition) is 2. The van der Waals surface area contributed by atoms with Crippen LogP contribution in [0.15, 0.2) is 48.8 Å². The van der Waals surface area contributed by atoms with E-state index in [-0.39, 0.29) is 35.1 Å². The third kappa shape index (κ3) is 4.25. The van der Waals surface area contributed by atoms with Crippen molar-refractivity contribution in [2.75, 3.05) is 0 Å². The highest BCUT2D eigenvalue weighted by Crippen LogP contribution is 2.10. The quantitative estimate of drug-likeness (QED) is 0.623. The summed E-state index contributed by atoms with van der Waals surface area (Å²) in [5.74, 6) is 0.00780. The molecule has 0 aliphatic heterocycles. The van der Waals surface area contributed by atoms with Gasteiger partial charge in [-0.05, 0) is 31.2 Å². The van der Waals surface area contributed by atoms with Gasteiger partial charge in [-0.1, -0.05) is 11.6 Å². The highest BCUT2D eigenvalue weighted by Gasteiger charge is 2.12. The molecular formula is C15H14BrClNO2+. The number of nitrogens with zero attached hydrogens (tertiary/aromatic N) is 1. The van der Waals surface area contributed by atoms with Crippen molar-refractivity contribution in [3.8, 4) is 0 Å². The Labute approximate surface area is 133 Å². The van der Waals surface area contributed by atoms with Crippen LogP contribution in [-0.2, 0) is 6.54 Å². The topological polar surface area (TPSA) is 38.0 Å². The van der Waals surface area contributed by atoms with Crippen molar-refractivity contribution in [3.63, 3.8) is 0 Å². The van der Waals surface area contributed by atoms with Crippen molar-refractivity contribution in [1.29, 1.82) is 0 Å². The monoisotopic (exact) mass is 354 g/mol. The number of pyridine rings is 1. The van der Waals surface area contributed by atoms with Crippen molar-refractivity contribution in [2.45, 2.75) is 13.5 Å². The van der Waals surface area contributed by atoms with Gasteiger partial charge in [0.25, 0.3) is 0 Å². The van der Waals surface area contributed by atoms with E-state index >= 15 is 0 Å². The van der Waals surface area contributed by atoms with Crippen LogP contribution < -0.4 is 4.57 Å². The van der Waals surface area contributed by atoms with Crippen molar-refractivity contribution in [3.05, 3.63) is 64.9 Å². The van der Waals surface area contributed by atoms with Crippen LogP contribution in [0.5, 0.6) is 0 Å².